The first kappa shape index (κ1) is 21.5. The van der Waals surface area contributed by atoms with E-state index in [2.05, 4.69) is 15.4 Å². The van der Waals surface area contributed by atoms with Crippen LogP contribution in [0.5, 0.6) is 11.8 Å². The van der Waals surface area contributed by atoms with Crippen molar-refractivity contribution in [3.05, 3.63) is 71.6 Å². The minimum atomic E-state index is -0.235. The van der Waals surface area contributed by atoms with E-state index in [1.54, 1.807) is 54.5 Å². The molecule has 0 saturated heterocycles. The lowest BCUT2D eigenvalue weighted by atomic mass is 10.2. The quantitative estimate of drug-likeness (QED) is 0.383. The van der Waals surface area contributed by atoms with Crippen LogP contribution in [-0.4, -0.2) is 48.1 Å². The summed E-state index contributed by atoms with van der Waals surface area (Å²) >= 11 is 1.56. The predicted octanol–water partition coefficient (Wildman–Crippen LogP) is 4.28. The van der Waals surface area contributed by atoms with Gasteiger partial charge in [-0.3, -0.25) is 4.79 Å². The van der Waals surface area contributed by atoms with E-state index >= 15 is 0 Å². The van der Waals surface area contributed by atoms with Gasteiger partial charge in [0.05, 0.1) is 24.3 Å². The SMILES string of the molecule is COCCOc1nc(-c2cccs2)n(-c2cccc(NC(=O)c3cccc(OC)c3)c2)n1. The van der Waals surface area contributed by atoms with E-state index in [0.29, 0.717) is 36.0 Å². The molecule has 2 aromatic heterocycles. The van der Waals surface area contributed by atoms with Crippen LogP contribution in [0.2, 0.25) is 0 Å². The van der Waals surface area contributed by atoms with Gasteiger partial charge in [-0.1, -0.05) is 18.2 Å². The fourth-order valence-corrected chi connectivity index (χ4v) is 3.70. The van der Waals surface area contributed by atoms with Crippen molar-refractivity contribution in [2.75, 3.05) is 32.8 Å². The third kappa shape index (κ3) is 4.96. The van der Waals surface area contributed by atoms with Crippen molar-refractivity contribution in [1.82, 2.24) is 14.8 Å². The van der Waals surface area contributed by atoms with Crippen LogP contribution >= 0.6 is 11.3 Å². The van der Waals surface area contributed by atoms with E-state index in [0.717, 1.165) is 10.6 Å². The molecule has 4 rings (SSSR count). The summed E-state index contributed by atoms with van der Waals surface area (Å²) < 4.78 is 17.5. The maximum atomic E-state index is 12.7. The molecule has 4 aromatic rings. The zero-order chi connectivity index (χ0) is 22.3. The summed E-state index contributed by atoms with van der Waals surface area (Å²) in [4.78, 5) is 18.2. The van der Waals surface area contributed by atoms with Crippen molar-refractivity contribution in [1.29, 1.82) is 0 Å². The molecule has 32 heavy (non-hydrogen) atoms. The second-order valence-corrected chi connectivity index (χ2v) is 7.63. The molecule has 0 spiro atoms. The number of carbonyl (C=O) groups is 1. The van der Waals surface area contributed by atoms with Gasteiger partial charge in [0.1, 0.15) is 12.4 Å². The molecule has 1 amide bonds. The van der Waals surface area contributed by atoms with E-state index in [4.69, 9.17) is 14.2 Å². The first-order valence-electron chi connectivity index (χ1n) is 9.86. The maximum absolute atomic E-state index is 12.7. The number of anilines is 1. The van der Waals surface area contributed by atoms with Crippen LogP contribution in [0.25, 0.3) is 16.4 Å². The monoisotopic (exact) mass is 450 g/mol. The van der Waals surface area contributed by atoms with Crippen LogP contribution in [-0.2, 0) is 4.74 Å². The average molecular weight is 451 g/mol. The zero-order valence-electron chi connectivity index (χ0n) is 17.6. The van der Waals surface area contributed by atoms with E-state index in [-0.39, 0.29) is 11.9 Å². The van der Waals surface area contributed by atoms with Gasteiger partial charge in [0, 0.05) is 18.4 Å². The third-order valence-electron chi connectivity index (χ3n) is 4.53. The molecule has 0 fully saturated rings. The fourth-order valence-electron chi connectivity index (χ4n) is 3.00. The minimum absolute atomic E-state index is 0.235. The number of thiophene rings is 1. The Labute approximate surface area is 189 Å². The summed E-state index contributed by atoms with van der Waals surface area (Å²) in [5, 5.41) is 9.41. The van der Waals surface area contributed by atoms with Crippen LogP contribution < -0.4 is 14.8 Å². The Hall–Kier alpha value is -3.69. The Morgan fingerprint density at radius 1 is 1.06 bits per heavy atom. The molecule has 0 atom stereocenters. The van der Waals surface area contributed by atoms with Crippen molar-refractivity contribution in [3.8, 4) is 28.1 Å². The van der Waals surface area contributed by atoms with Crippen molar-refractivity contribution in [2.24, 2.45) is 0 Å². The number of hydrogen-bond donors (Lipinski definition) is 1. The maximum Gasteiger partial charge on any atom is 0.336 e. The van der Waals surface area contributed by atoms with Crippen LogP contribution in [0, 0.1) is 0 Å². The first-order valence-corrected chi connectivity index (χ1v) is 10.7. The third-order valence-corrected chi connectivity index (χ3v) is 5.39. The fraction of sp³-hybridized carbons (Fsp3) is 0.174. The van der Waals surface area contributed by atoms with Crippen molar-refractivity contribution >= 4 is 22.9 Å². The Bertz CT molecular complexity index is 1190. The number of nitrogens with zero attached hydrogens (tertiary/aromatic N) is 3. The molecule has 0 saturated carbocycles. The highest BCUT2D eigenvalue weighted by Crippen LogP contribution is 2.28. The number of rotatable bonds is 9. The van der Waals surface area contributed by atoms with Gasteiger partial charge in [-0.2, -0.15) is 4.98 Å². The van der Waals surface area contributed by atoms with Gasteiger partial charge in [-0.05, 0) is 47.8 Å². The molecule has 8 nitrogen and oxygen atoms in total. The van der Waals surface area contributed by atoms with Gasteiger partial charge < -0.3 is 19.5 Å². The number of ether oxygens (including phenoxy) is 3. The highest BCUT2D eigenvalue weighted by molar-refractivity contribution is 7.13. The Kier molecular flexibility index (Phi) is 6.78. The summed E-state index contributed by atoms with van der Waals surface area (Å²) in [7, 11) is 3.18. The lowest BCUT2D eigenvalue weighted by Crippen LogP contribution is -2.12. The van der Waals surface area contributed by atoms with E-state index in [1.807, 2.05) is 41.8 Å². The molecular formula is C23H22N4O4S. The first-order chi connectivity index (χ1) is 15.7. The summed E-state index contributed by atoms with van der Waals surface area (Å²) in [6, 6.07) is 18.6. The number of methoxy groups -OCH3 is 2. The lowest BCUT2D eigenvalue weighted by Gasteiger charge is -2.09. The second kappa shape index (κ2) is 10.1. The number of benzene rings is 2. The Balaban J connectivity index is 1.61. The topological polar surface area (TPSA) is 87.5 Å². The van der Waals surface area contributed by atoms with E-state index in [9.17, 15) is 4.79 Å². The standard InChI is InChI=1S/C23H22N4O4S/c1-29-11-12-31-23-25-21(20-10-5-13-32-20)27(26-23)18-8-4-7-17(15-18)24-22(28)16-6-3-9-19(14-16)30-2/h3-10,13-15H,11-12H2,1-2H3,(H,24,28). The van der Waals surface area contributed by atoms with Gasteiger partial charge in [-0.15, -0.1) is 16.4 Å². The van der Waals surface area contributed by atoms with E-state index in [1.165, 1.54) is 0 Å². The highest BCUT2D eigenvalue weighted by atomic mass is 32.1. The van der Waals surface area contributed by atoms with Crippen molar-refractivity contribution in [3.63, 3.8) is 0 Å². The average Bonchev–Trinajstić information content (AvgIpc) is 3.49. The summed E-state index contributed by atoms with van der Waals surface area (Å²) in [5.74, 6) is 1.04. The van der Waals surface area contributed by atoms with Crippen LogP contribution in [0.4, 0.5) is 5.69 Å². The van der Waals surface area contributed by atoms with Crippen LogP contribution in [0.3, 0.4) is 0 Å². The van der Waals surface area contributed by atoms with E-state index < -0.39 is 0 Å². The number of nitrogens with one attached hydrogen (secondary N) is 1. The normalized spacial score (nSPS) is 10.7. The predicted molar refractivity (Wildman–Crippen MR) is 123 cm³/mol. The minimum Gasteiger partial charge on any atom is -0.497 e. The second-order valence-electron chi connectivity index (χ2n) is 6.68. The molecule has 0 aliphatic carbocycles. The van der Waals surface area contributed by atoms with Gasteiger partial charge in [0.15, 0.2) is 5.82 Å². The molecule has 0 radical (unpaired) electrons. The van der Waals surface area contributed by atoms with Gasteiger partial charge in [0.2, 0.25) is 0 Å². The van der Waals surface area contributed by atoms with Gasteiger partial charge in [-0.25, -0.2) is 4.68 Å². The molecule has 1 N–H and O–H groups in total. The summed E-state index contributed by atoms with van der Waals surface area (Å²) in [6.07, 6.45) is 0. The molecule has 164 valence electrons. The number of amides is 1. The van der Waals surface area contributed by atoms with Gasteiger partial charge >= 0.3 is 6.01 Å². The van der Waals surface area contributed by atoms with Crippen molar-refractivity contribution in [2.45, 2.75) is 0 Å². The summed E-state index contributed by atoms with van der Waals surface area (Å²) in [5.41, 5.74) is 1.87. The van der Waals surface area contributed by atoms with Crippen LogP contribution in [0.15, 0.2) is 66.0 Å². The molecule has 0 aliphatic rings. The number of carbonyl (C=O) groups excluding carboxylic acids is 1. The largest absolute Gasteiger partial charge is 0.497 e. The number of hydrogen-bond acceptors (Lipinski definition) is 7. The highest BCUT2D eigenvalue weighted by Gasteiger charge is 2.16. The number of aromatic nitrogens is 3. The molecule has 2 heterocycles. The lowest BCUT2D eigenvalue weighted by molar-refractivity contribution is 0.102. The van der Waals surface area contributed by atoms with Crippen LogP contribution in [0.1, 0.15) is 10.4 Å². The molecule has 0 unspecified atom stereocenters. The zero-order valence-corrected chi connectivity index (χ0v) is 18.5. The smallest absolute Gasteiger partial charge is 0.336 e. The van der Waals surface area contributed by atoms with Gasteiger partial charge in [0.25, 0.3) is 5.91 Å². The molecule has 0 aliphatic heterocycles. The molecule has 0 bridgehead atoms. The molecular weight excluding hydrogens is 428 g/mol. The Morgan fingerprint density at radius 3 is 2.72 bits per heavy atom. The molecule has 2 aromatic carbocycles. The van der Waals surface area contributed by atoms with Crippen molar-refractivity contribution < 1.29 is 19.0 Å². The molecule has 9 heteroatoms. The summed E-state index contributed by atoms with van der Waals surface area (Å²) in [6.45, 7) is 0.787. The Morgan fingerprint density at radius 2 is 1.94 bits per heavy atom.